The van der Waals surface area contributed by atoms with Gasteiger partial charge in [-0.05, 0) is 44.4 Å². The van der Waals surface area contributed by atoms with Crippen LogP contribution in [-0.4, -0.2) is 24.3 Å². The number of aliphatic hydroxyl groups is 1. The Bertz CT molecular complexity index is 181. The van der Waals surface area contributed by atoms with E-state index in [1.165, 1.54) is 38.5 Å². The van der Waals surface area contributed by atoms with Crippen molar-refractivity contribution in [1.29, 1.82) is 0 Å². The van der Waals surface area contributed by atoms with E-state index >= 15 is 0 Å². The van der Waals surface area contributed by atoms with Crippen LogP contribution < -0.4 is 5.32 Å². The van der Waals surface area contributed by atoms with Gasteiger partial charge in [-0.25, -0.2) is 0 Å². The fourth-order valence-electron chi connectivity index (χ4n) is 2.39. The minimum atomic E-state index is 0.281. The Kier molecular flexibility index (Phi) is 3.13. The van der Waals surface area contributed by atoms with Gasteiger partial charge in [-0.3, -0.25) is 0 Å². The largest absolute Gasteiger partial charge is 0.396 e. The van der Waals surface area contributed by atoms with Crippen LogP contribution in [0.4, 0.5) is 0 Å². The van der Waals surface area contributed by atoms with Crippen LogP contribution in [0.15, 0.2) is 0 Å². The van der Waals surface area contributed by atoms with E-state index in [-0.39, 0.29) is 5.41 Å². The second-order valence-corrected chi connectivity index (χ2v) is 5.50. The van der Waals surface area contributed by atoms with Gasteiger partial charge in [-0.2, -0.15) is 0 Å². The summed E-state index contributed by atoms with van der Waals surface area (Å²) in [7, 11) is 0. The van der Waals surface area contributed by atoms with Crippen LogP contribution in [0.2, 0.25) is 0 Å². The molecule has 2 aliphatic carbocycles. The van der Waals surface area contributed by atoms with E-state index in [0.29, 0.717) is 6.61 Å². The standard InChI is InChI=1S/C12H23NO/c1-10-2-4-11(5-3-10)13-8-12(9-14)6-7-12/h10-11,13-14H,2-9H2,1H3. The third-order valence-corrected chi connectivity index (χ3v) is 4.07. The van der Waals surface area contributed by atoms with Crippen molar-refractivity contribution in [2.75, 3.05) is 13.2 Å². The molecule has 0 bridgehead atoms. The average molecular weight is 197 g/mol. The predicted molar refractivity (Wildman–Crippen MR) is 58.2 cm³/mol. The van der Waals surface area contributed by atoms with E-state index < -0.39 is 0 Å². The molecule has 2 rings (SSSR count). The highest BCUT2D eigenvalue weighted by Gasteiger charge is 2.41. The molecule has 82 valence electrons. The summed E-state index contributed by atoms with van der Waals surface area (Å²) in [6.07, 6.45) is 7.87. The molecule has 2 nitrogen and oxygen atoms in total. The number of hydrogen-bond acceptors (Lipinski definition) is 2. The first-order valence-corrected chi connectivity index (χ1v) is 6.08. The maximum absolute atomic E-state index is 9.19. The SMILES string of the molecule is CC1CCC(NCC2(CO)CC2)CC1. The van der Waals surface area contributed by atoms with E-state index in [1.807, 2.05) is 0 Å². The molecular formula is C12H23NO. The summed E-state index contributed by atoms with van der Waals surface area (Å²) >= 11 is 0. The topological polar surface area (TPSA) is 32.3 Å². The highest BCUT2D eigenvalue weighted by atomic mass is 16.3. The maximum atomic E-state index is 9.19. The van der Waals surface area contributed by atoms with Gasteiger partial charge in [0, 0.05) is 24.6 Å². The van der Waals surface area contributed by atoms with Crippen molar-refractivity contribution in [2.45, 2.75) is 51.5 Å². The van der Waals surface area contributed by atoms with Crippen molar-refractivity contribution < 1.29 is 5.11 Å². The van der Waals surface area contributed by atoms with Crippen LogP contribution in [0.5, 0.6) is 0 Å². The summed E-state index contributed by atoms with van der Waals surface area (Å²) < 4.78 is 0. The van der Waals surface area contributed by atoms with Crippen molar-refractivity contribution >= 4 is 0 Å². The van der Waals surface area contributed by atoms with Gasteiger partial charge in [-0.1, -0.05) is 6.92 Å². The second-order valence-electron chi connectivity index (χ2n) is 5.50. The quantitative estimate of drug-likeness (QED) is 0.722. The van der Waals surface area contributed by atoms with Crippen molar-refractivity contribution in [3.8, 4) is 0 Å². The maximum Gasteiger partial charge on any atom is 0.0499 e. The second kappa shape index (κ2) is 4.19. The van der Waals surface area contributed by atoms with Crippen molar-refractivity contribution in [1.82, 2.24) is 5.32 Å². The molecule has 0 unspecified atom stereocenters. The van der Waals surface area contributed by atoms with Gasteiger partial charge in [-0.15, -0.1) is 0 Å². The fraction of sp³-hybridized carbons (Fsp3) is 1.00. The average Bonchev–Trinajstić information content (AvgIpc) is 2.98. The Morgan fingerprint density at radius 3 is 2.36 bits per heavy atom. The normalized spacial score (nSPS) is 35.6. The molecule has 0 saturated heterocycles. The van der Waals surface area contributed by atoms with Crippen LogP contribution in [0.25, 0.3) is 0 Å². The molecule has 0 heterocycles. The van der Waals surface area contributed by atoms with Gasteiger partial charge < -0.3 is 10.4 Å². The molecule has 2 saturated carbocycles. The fourth-order valence-corrected chi connectivity index (χ4v) is 2.39. The first-order valence-electron chi connectivity index (χ1n) is 6.08. The molecular weight excluding hydrogens is 174 g/mol. The lowest BCUT2D eigenvalue weighted by molar-refractivity contribution is 0.196. The summed E-state index contributed by atoms with van der Waals surface area (Å²) in [5, 5.41) is 12.8. The molecule has 14 heavy (non-hydrogen) atoms. The van der Waals surface area contributed by atoms with E-state index in [1.54, 1.807) is 0 Å². The zero-order valence-corrected chi connectivity index (χ0v) is 9.26. The van der Waals surface area contributed by atoms with Crippen LogP contribution in [0, 0.1) is 11.3 Å². The van der Waals surface area contributed by atoms with Crippen LogP contribution in [0.3, 0.4) is 0 Å². The third-order valence-electron chi connectivity index (χ3n) is 4.07. The smallest absolute Gasteiger partial charge is 0.0499 e. The van der Waals surface area contributed by atoms with E-state index in [0.717, 1.165) is 18.5 Å². The van der Waals surface area contributed by atoms with Gasteiger partial charge >= 0.3 is 0 Å². The Hall–Kier alpha value is -0.0800. The number of hydrogen-bond donors (Lipinski definition) is 2. The lowest BCUT2D eigenvalue weighted by Gasteiger charge is -2.28. The molecule has 0 aromatic heterocycles. The van der Waals surface area contributed by atoms with Gasteiger partial charge in [0.25, 0.3) is 0 Å². The lowest BCUT2D eigenvalue weighted by atomic mass is 9.87. The van der Waals surface area contributed by atoms with Crippen LogP contribution in [0.1, 0.15) is 45.4 Å². The summed E-state index contributed by atoms with van der Waals surface area (Å²) in [6, 6.07) is 0.732. The van der Waals surface area contributed by atoms with Crippen molar-refractivity contribution in [3.05, 3.63) is 0 Å². The van der Waals surface area contributed by atoms with Crippen LogP contribution in [-0.2, 0) is 0 Å². The van der Waals surface area contributed by atoms with Gasteiger partial charge in [0.05, 0.1) is 0 Å². The lowest BCUT2D eigenvalue weighted by Crippen LogP contribution is -2.37. The number of nitrogens with one attached hydrogen (secondary N) is 1. The Morgan fingerprint density at radius 1 is 1.21 bits per heavy atom. The summed E-state index contributed by atoms with van der Waals surface area (Å²) in [5.41, 5.74) is 0.281. The van der Waals surface area contributed by atoms with E-state index in [9.17, 15) is 5.11 Å². The molecule has 2 N–H and O–H groups in total. The minimum Gasteiger partial charge on any atom is -0.396 e. The summed E-state index contributed by atoms with van der Waals surface area (Å²) in [4.78, 5) is 0. The Balaban J connectivity index is 1.66. The zero-order valence-electron chi connectivity index (χ0n) is 9.26. The highest BCUT2D eigenvalue weighted by molar-refractivity contribution is 4.95. The molecule has 0 radical (unpaired) electrons. The van der Waals surface area contributed by atoms with Gasteiger partial charge in [0.15, 0.2) is 0 Å². The molecule has 0 aromatic rings. The van der Waals surface area contributed by atoms with Crippen molar-refractivity contribution in [2.24, 2.45) is 11.3 Å². The molecule has 0 aromatic carbocycles. The summed E-state index contributed by atoms with van der Waals surface area (Å²) in [5.74, 6) is 0.931. The van der Waals surface area contributed by atoms with Crippen LogP contribution >= 0.6 is 0 Å². The molecule has 0 atom stereocenters. The van der Waals surface area contributed by atoms with Gasteiger partial charge in [0.2, 0.25) is 0 Å². The monoisotopic (exact) mass is 197 g/mol. The molecule has 0 spiro atoms. The van der Waals surface area contributed by atoms with Gasteiger partial charge in [0.1, 0.15) is 0 Å². The Morgan fingerprint density at radius 2 is 1.86 bits per heavy atom. The highest BCUT2D eigenvalue weighted by Crippen LogP contribution is 2.44. The zero-order chi connectivity index (χ0) is 10.0. The minimum absolute atomic E-state index is 0.281. The number of rotatable bonds is 4. The first kappa shape index (κ1) is 10.4. The van der Waals surface area contributed by atoms with Crippen molar-refractivity contribution in [3.63, 3.8) is 0 Å². The first-order chi connectivity index (χ1) is 6.74. The Labute approximate surface area is 87.1 Å². The molecule has 2 aliphatic rings. The molecule has 2 heteroatoms. The molecule has 0 amide bonds. The predicted octanol–water partition coefficient (Wildman–Crippen LogP) is 1.93. The molecule has 0 aliphatic heterocycles. The van der Waals surface area contributed by atoms with E-state index in [2.05, 4.69) is 12.2 Å². The number of aliphatic hydroxyl groups excluding tert-OH is 1. The van der Waals surface area contributed by atoms with E-state index in [4.69, 9.17) is 0 Å². The summed E-state index contributed by atoms with van der Waals surface area (Å²) in [6.45, 7) is 3.78. The third kappa shape index (κ3) is 2.48. The molecule has 2 fully saturated rings.